The van der Waals surface area contributed by atoms with Gasteiger partial charge >= 0.3 is 0 Å². The Balaban J connectivity index is 1.69. The molecule has 0 aliphatic carbocycles. The molecule has 28 heavy (non-hydrogen) atoms. The van der Waals surface area contributed by atoms with E-state index in [1.54, 1.807) is 47.3 Å². The topological polar surface area (TPSA) is 75.5 Å². The second kappa shape index (κ2) is 8.54. The first-order valence-electron chi connectivity index (χ1n) is 8.60. The Bertz CT molecular complexity index is 1020. The Hall–Kier alpha value is -3.38. The number of aryl methyl sites for hydroxylation is 1. The van der Waals surface area contributed by atoms with Gasteiger partial charge in [0.1, 0.15) is 0 Å². The summed E-state index contributed by atoms with van der Waals surface area (Å²) in [6, 6.07) is 17.4. The van der Waals surface area contributed by atoms with E-state index < -0.39 is 0 Å². The van der Waals surface area contributed by atoms with Gasteiger partial charge in [-0.15, -0.1) is 0 Å². The van der Waals surface area contributed by atoms with Gasteiger partial charge in [-0.2, -0.15) is 5.10 Å². The van der Waals surface area contributed by atoms with Crippen LogP contribution in [-0.4, -0.2) is 22.7 Å². The fourth-order valence-electron chi connectivity index (χ4n) is 2.67. The minimum absolute atomic E-state index is 0.207. The molecule has 1 heterocycles. The molecule has 2 N–H and O–H groups in total. The quantitative estimate of drug-likeness (QED) is 0.508. The van der Waals surface area contributed by atoms with Crippen LogP contribution in [0.2, 0.25) is 5.02 Å². The maximum absolute atomic E-state index is 12.4. The lowest BCUT2D eigenvalue weighted by Gasteiger charge is -2.11. The summed E-state index contributed by atoms with van der Waals surface area (Å²) in [5.74, 6) is -0.541. The van der Waals surface area contributed by atoms with Gasteiger partial charge in [0, 0.05) is 33.1 Å². The van der Waals surface area contributed by atoms with Crippen LogP contribution in [0.4, 0.5) is 0 Å². The molecule has 7 heteroatoms. The van der Waals surface area contributed by atoms with Crippen LogP contribution < -0.4 is 10.9 Å². The van der Waals surface area contributed by atoms with E-state index in [2.05, 4.69) is 16.0 Å². The van der Waals surface area contributed by atoms with Gasteiger partial charge in [0.05, 0.1) is 6.21 Å². The summed E-state index contributed by atoms with van der Waals surface area (Å²) in [7, 11) is 0. The lowest BCUT2D eigenvalue weighted by molar-refractivity contribution is 0.0954. The molecule has 0 aliphatic rings. The number of carbonyl (C=O) groups excluding carboxylic acids is 2. The van der Waals surface area contributed by atoms with Crippen LogP contribution in [0.3, 0.4) is 0 Å². The summed E-state index contributed by atoms with van der Waals surface area (Å²) >= 11 is 5.82. The number of hydrogen-bond donors (Lipinski definition) is 2. The summed E-state index contributed by atoms with van der Waals surface area (Å²) in [5.41, 5.74) is 8.79. The first-order chi connectivity index (χ1) is 13.5. The van der Waals surface area contributed by atoms with E-state index >= 15 is 0 Å². The molecule has 6 nitrogen and oxygen atoms in total. The van der Waals surface area contributed by atoms with Gasteiger partial charge in [0.25, 0.3) is 11.8 Å². The average molecular weight is 395 g/mol. The third-order valence-electron chi connectivity index (χ3n) is 4.20. The number of benzene rings is 2. The highest BCUT2D eigenvalue weighted by Gasteiger charge is 2.12. The van der Waals surface area contributed by atoms with Crippen molar-refractivity contribution in [3.8, 4) is 0 Å². The number of nitrogens with one attached hydrogen (secondary N) is 2. The Morgan fingerprint density at radius 2 is 1.61 bits per heavy atom. The average Bonchev–Trinajstić information content (AvgIpc) is 2.96. The second-order valence-corrected chi connectivity index (χ2v) is 6.61. The predicted molar refractivity (Wildman–Crippen MR) is 111 cm³/mol. The summed E-state index contributed by atoms with van der Waals surface area (Å²) in [5, 5.41) is 4.57. The molecule has 3 rings (SSSR count). The van der Waals surface area contributed by atoms with Crippen LogP contribution in [0.25, 0.3) is 0 Å². The Morgan fingerprint density at radius 1 is 0.964 bits per heavy atom. The molecule has 0 atom stereocenters. The van der Waals surface area contributed by atoms with Crippen LogP contribution in [0.5, 0.6) is 0 Å². The van der Waals surface area contributed by atoms with E-state index in [1.165, 1.54) is 0 Å². The first kappa shape index (κ1) is 19.4. The van der Waals surface area contributed by atoms with Gasteiger partial charge in [-0.25, -0.2) is 5.43 Å². The Kier molecular flexibility index (Phi) is 5.91. The number of amides is 2. The molecule has 0 saturated carbocycles. The van der Waals surface area contributed by atoms with E-state index in [4.69, 9.17) is 11.6 Å². The summed E-state index contributed by atoms with van der Waals surface area (Å²) in [4.78, 5) is 24.5. The first-order valence-corrected chi connectivity index (χ1v) is 8.98. The molecule has 0 radical (unpaired) electrons. The second-order valence-electron chi connectivity index (χ2n) is 6.17. The largest absolute Gasteiger partial charge is 0.271 e. The fraction of sp³-hybridized carbons (Fsp3) is 0.0952. The van der Waals surface area contributed by atoms with Crippen molar-refractivity contribution in [2.75, 3.05) is 5.43 Å². The number of rotatable bonds is 5. The molecular formula is C21H19ClN4O2. The van der Waals surface area contributed by atoms with Crippen molar-refractivity contribution in [1.29, 1.82) is 0 Å². The van der Waals surface area contributed by atoms with Crippen LogP contribution in [0.1, 0.15) is 37.7 Å². The zero-order chi connectivity index (χ0) is 20.1. The lowest BCUT2D eigenvalue weighted by Crippen LogP contribution is -2.24. The third-order valence-corrected chi connectivity index (χ3v) is 4.45. The van der Waals surface area contributed by atoms with Crippen LogP contribution in [0, 0.1) is 13.8 Å². The van der Waals surface area contributed by atoms with Gasteiger partial charge in [0.15, 0.2) is 0 Å². The van der Waals surface area contributed by atoms with Crippen molar-refractivity contribution in [3.05, 3.63) is 93.8 Å². The molecule has 0 fully saturated rings. The molecule has 0 bridgehead atoms. The van der Waals surface area contributed by atoms with E-state index in [0.29, 0.717) is 16.1 Å². The molecule has 0 unspecified atom stereocenters. The highest BCUT2D eigenvalue weighted by Crippen LogP contribution is 2.13. The summed E-state index contributed by atoms with van der Waals surface area (Å²) in [6.07, 6.45) is 1.54. The monoisotopic (exact) mass is 394 g/mol. The van der Waals surface area contributed by atoms with E-state index in [1.807, 2.05) is 38.1 Å². The maximum Gasteiger partial charge on any atom is 0.271 e. The van der Waals surface area contributed by atoms with Crippen molar-refractivity contribution in [1.82, 2.24) is 10.1 Å². The van der Waals surface area contributed by atoms with Crippen molar-refractivity contribution in [3.63, 3.8) is 0 Å². The zero-order valence-corrected chi connectivity index (χ0v) is 16.2. The molecule has 1 aromatic heterocycles. The van der Waals surface area contributed by atoms with Crippen LogP contribution in [0.15, 0.2) is 65.8 Å². The van der Waals surface area contributed by atoms with Crippen molar-refractivity contribution in [2.45, 2.75) is 13.8 Å². The highest BCUT2D eigenvalue weighted by molar-refractivity contribution is 6.30. The number of nitrogens with zero attached hydrogens (tertiary/aromatic N) is 2. The standard InChI is InChI=1S/C21H19ClN4O2/c1-14-12-18(13-23-24-20(27)17-8-10-19(22)11-9-17)15(2)26(14)25-21(28)16-6-4-3-5-7-16/h3-13H,1-2H3,(H,24,27)(H,25,28)/b23-13-. The predicted octanol–water partition coefficient (Wildman–Crippen LogP) is 3.91. The Morgan fingerprint density at radius 3 is 2.29 bits per heavy atom. The van der Waals surface area contributed by atoms with Gasteiger partial charge in [-0.05, 0) is 56.3 Å². The normalized spacial score (nSPS) is 10.8. The van der Waals surface area contributed by atoms with E-state index in [0.717, 1.165) is 17.0 Å². The van der Waals surface area contributed by atoms with Crippen LogP contribution >= 0.6 is 11.6 Å². The van der Waals surface area contributed by atoms with E-state index in [-0.39, 0.29) is 11.8 Å². The van der Waals surface area contributed by atoms with Gasteiger partial charge in [-0.3, -0.25) is 19.7 Å². The molecule has 0 saturated heterocycles. The maximum atomic E-state index is 12.4. The zero-order valence-electron chi connectivity index (χ0n) is 15.4. The smallest absolute Gasteiger partial charge is 0.267 e. The fourth-order valence-corrected chi connectivity index (χ4v) is 2.80. The Labute approximate surface area is 167 Å². The minimum atomic E-state index is -0.334. The van der Waals surface area contributed by atoms with Crippen molar-refractivity contribution < 1.29 is 9.59 Å². The van der Waals surface area contributed by atoms with Gasteiger partial charge < -0.3 is 0 Å². The van der Waals surface area contributed by atoms with Crippen molar-refractivity contribution >= 4 is 29.6 Å². The molecular weight excluding hydrogens is 376 g/mol. The molecule has 2 aromatic carbocycles. The van der Waals surface area contributed by atoms with Crippen molar-refractivity contribution in [2.24, 2.45) is 5.10 Å². The van der Waals surface area contributed by atoms with Crippen LogP contribution in [-0.2, 0) is 0 Å². The summed E-state index contributed by atoms with van der Waals surface area (Å²) < 4.78 is 1.69. The number of hydrazone groups is 1. The molecule has 3 aromatic rings. The van der Waals surface area contributed by atoms with Gasteiger partial charge in [0.2, 0.25) is 0 Å². The number of carbonyl (C=O) groups is 2. The lowest BCUT2D eigenvalue weighted by atomic mass is 10.2. The number of hydrogen-bond acceptors (Lipinski definition) is 3. The molecule has 142 valence electrons. The number of halogens is 1. The molecule has 2 amide bonds. The van der Waals surface area contributed by atoms with Gasteiger partial charge in [-0.1, -0.05) is 29.8 Å². The SMILES string of the molecule is Cc1cc(/C=N\NC(=O)c2ccc(Cl)cc2)c(C)n1NC(=O)c1ccccc1. The molecule has 0 spiro atoms. The van der Waals surface area contributed by atoms with E-state index in [9.17, 15) is 9.59 Å². The number of aromatic nitrogens is 1. The third kappa shape index (κ3) is 4.47. The summed E-state index contributed by atoms with van der Waals surface area (Å²) in [6.45, 7) is 3.74. The minimum Gasteiger partial charge on any atom is -0.267 e. The highest BCUT2D eigenvalue weighted by atomic mass is 35.5. The molecule has 0 aliphatic heterocycles.